The first-order valence-electron chi connectivity index (χ1n) is 8.04. The largest absolute Gasteiger partial charge is 0.354 e. The van der Waals surface area contributed by atoms with Gasteiger partial charge in [0, 0.05) is 25.3 Å². The fourth-order valence-electron chi connectivity index (χ4n) is 2.55. The lowest BCUT2D eigenvalue weighted by Gasteiger charge is -2.29. The van der Waals surface area contributed by atoms with Gasteiger partial charge in [0.05, 0.1) is 0 Å². The summed E-state index contributed by atoms with van der Waals surface area (Å²) in [6.45, 7) is 12.1. The zero-order valence-electron chi connectivity index (χ0n) is 13.4. The number of nitrogens with one attached hydrogen (secondary N) is 1. The van der Waals surface area contributed by atoms with Crippen molar-refractivity contribution in [3.63, 3.8) is 0 Å². The third-order valence-corrected chi connectivity index (χ3v) is 3.91. The first kappa shape index (κ1) is 15.3. The van der Waals surface area contributed by atoms with Gasteiger partial charge in [0.15, 0.2) is 0 Å². The Hall–Kier alpha value is -1.09. The first-order chi connectivity index (χ1) is 9.61. The molecule has 1 aromatic rings. The SMILES string of the molecule is CCCNCc1cnc(N(CC2CC2)C(C)C)c(C)c1. The van der Waals surface area contributed by atoms with Gasteiger partial charge < -0.3 is 10.2 Å². The Bertz CT molecular complexity index is 424. The third kappa shape index (κ3) is 4.20. The number of aromatic nitrogens is 1. The van der Waals surface area contributed by atoms with Crippen molar-refractivity contribution in [1.29, 1.82) is 0 Å². The highest BCUT2D eigenvalue weighted by Crippen LogP contribution is 2.32. The number of hydrogen-bond donors (Lipinski definition) is 1. The Morgan fingerprint density at radius 3 is 2.70 bits per heavy atom. The van der Waals surface area contributed by atoms with Gasteiger partial charge in [0.1, 0.15) is 5.82 Å². The molecule has 0 amide bonds. The van der Waals surface area contributed by atoms with E-state index in [0.29, 0.717) is 6.04 Å². The van der Waals surface area contributed by atoms with Crippen LogP contribution in [0.5, 0.6) is 0 Å². The molecule has 1 fully saturated rings. The molecule has 1 saturated carbocycles. The quantitative estimate of drug-likeness (QED) is 0.736. The Morgan fingerprint density at radius 1 is 1.40 bits per heavy atom. The Labute approximate surface area is 123 Å². The predicted octanol–water partition coefficient (Wildman–Crippen LogP) is 3.51. The van der Waals surface area contributed by atoms with Gasteiger partial charge in [-0.2, -0.15) is 0 Å². The maximum absolute atomic E-state index is 4.75. The van der Waals surface area contributed by atoms with Gasteiger partial charge in [-0.05, 0) is 69.7 Å². The standard InChI is InChI=1S/C17H29N3/c1-5-8-18-10-16-9-14(4)17(19-11-16)20(13(2)3)12-15-6-7-15/h9,11,13,15,18H,5-8,10,12H2,1-4H3. The average Bonchev–Trinajstić information content (AvgIpc) is 3.21. The van der Waals surface area contributed by atoms with E-state index in [1.807, 2.05) is 6.20 Å². The highest BCUT2D eigenvalue weighted by atomic mass is 15.2. The molecule has 1 N–H and O–H groups in total. The van der Waals surface area contributed by atoms with Crippen molar-refractivity contribution in [1.82, 2.24) is 10.3 Å². The fourth-order valence-corrected chi connectivity index (χ4v) is 2.55. The molecule has 2 rings (SSSR count). The van der Waals surface area contributed by atoms with Crippen molar-refractivity contribution in [2.75, 3.05) is 18.0 Å². The fraction of sp³-hybridized carbons (Fsp3) is 0.706. The van der Waals surface area contributed by atoms with E-state index in [1.54, 1.807) is 0 Å². The molecule has 0 saturated heterocycles. The van der Waals surface area contributed by atoms with E-state index in [4.69, 9.17) is 4.98 Å². The second kappa shape index (κ2) is 7.07. The summed E-state index contributed by atoms with van der Waals surface area (Å²) >= 11 is 0. The van der Waals surface area contributed by atoms with E-state index < -0.39 is 0 Å². The second-order valence-corrected chi connectivity index (χ2v) is 6.35. The molecule has 1 heterocycles. The number of hydrogen-bond acceptors (Lipinski definition) is 3. The van der Waals surface area contributed by atoms with Crippen molar-refractivity contribution in [3.05, 3.63) is 23.4 Å². The number of aryl methyl sites for hydroxylation is 1. The summed E-state index contributed by atoms with van der Waals surface area (Å²) < 4.78 is 0. The Kier molecular flexibility index (Phi) is 5.41. The van der Waals surface area contributed by atoms with Crippen LogP contribution in [0.25, 0.3) is 0 Å². The van der Waals surface area contributed by atoms with Crippen LogP contribution in [0, 0.1) is 12.8 Å². The minimum Gasteiger partial charge on any atom is -0.354 e. The molecule has 0 unspecified atom stereocenters. The summed E-state index contributed by atoms with van der Waals surface area (Å²) in [4.78, 5) is 7.21. The van der Waals surface area contributed by atoms with Crippen LogP contribution in [-0.4, -0.2) is 24.1 Å². The highest BCUT2D eigenvalue weighted by molar-refractivity contribution is 5.48. The van der Waals surface area contributed by atoms with Crippen LogP contribution >= 0.6 is 0 Å². The molecule has 112 valence electrons. The van der Waals surface area contributed by atoms with E-state index in [-0.39, 0.29) is 0 Å². The summed E-state index contributed by atoms with van der Waals surface area (Å²) in [6.07, 6.45) is 5.99. The van der Waals surface area contributed by atoms with Gasteiger partial charge in [0.2, 0.25) is 0 Å². The number of rotatable bonds is 8. The molecule has 3 heteroatoms. The maximum Gasteiger partial charge on any atom is 0.131 e. The van der Waals surface area contributed by atoms with Gasteiger partial charge in [0.25, 0.3) is 0 Å². The molecular formula is C17H29N3. The van der Waals surface area contributed by atoms with Gasteiger partial charge >= 0.3 is 0 Å². The van der Waals surface area contributed by atoms with Crippen LogP contribution in [0.4, 0.5) is 5.82 Å². The molecular weight excluding hydrogens is 246 g/mol. The van der Waals surface area contributed by atoms with Crippen molar-refractivity contribution in [3.8, 4) is 0 Å². The minimum absolute atomic E-state index is 0.519. The van der Waals surface area contributed by atoms with Gasteiger partial charge in [-0.1, -0.05) is 6.92 Å². The van der Waals surface area contributed by atoms with Crippen LogP contribution in [0.15, 0.2) is 12.3 Å². The molecule has 0 aliphatic heterocycles. The molecule has 1 aliphatic rings. The average molecular weight is 275 g/mol. The molecule has 0 radical (unpaired) electrons. The topological polar surface area (TPSA) is 28.2 Å². The van der Waals surface area contributed by atoms with Crippen molar-refractivity contribution in [2.24, 2.45) is 5.92 Å². The summed E-state index contributed by atoms with van der Waals surface area (Å²) in [5.41, 5.74) is 2.59. The second-order valence-electron chi connectivity index (χ2n) is 6.35. The summed E-state index contributed by atoms with van der Waals surface area (Å²) in [5.74, 6) is 2.07. The van der Waals surface area contributed by atoms with Gasteiger partial charge in [-0.25, -0.2) is 4.98 Å². The van der Waals surface area contributed by atoms with Crippen LogP contribution in [0.2, 0.25) is 0 Å². The van der Waals surface area contributed by atoms with E-state index in [2.05, 4.69) is 44.0 Å². The Balaban J connectivity index is 2.05. The highest BCUT2D eigenvalue weighted by Gasteiger charge is 2.26. The molecule has 3 nitrogen and oxygen atoms in total. The summed E-state index contributed by atoms with van der Waals surface area (Å²) in [5, 5.41) is 3.44. The zero-order chi connectivity index (χ0) is 14.5. The van der Waals surface area contributed by atoms with Gasteiger partial charge in [-0.15, -0.1) is 0 Å². The Morgan fingerprint density at radius 2 is 2.15 bits per heavy atom. The smallest absolute Gasteiger partial charge is 0.131 e. The molecule has 20 heavy (non-hydrogen) atoms. The number of anilines is 1. The van der Waals surface area contributed by atoms with Crippen molar-refractivity contribution in [2.45, 2.75) is 59.5 Å². The van der Waals surface area contributed by atoms with Crippen LogP contribution in [0.1, 0.15) is 51.2 Å². The van der Waals surface area contributed by atoms with E-state index in [9.17, 15) is 0 Å². The van der Waals surface area contributed by atoms with Gasteiger partial charge in [-0.3, -0.25) is 0 Å². The van der Waals surface area contributed by atoms with Crippen LogP contribution in [-0.2, 0) is 6.54 Å². The number of pyridine rings is 1. The lowest BCUT2D eigenvalue weighted by molar-refractivity contribution is 0.633. The lowest BCUT2D eigenvalue weighted by Crippen LogP contribution is -2.34. The summed E-state index contributed by atoms with van der Waals surface area (Å²) in [6, 6.07) is 2.80. The monoisotopic (exact) mass is 275 g/mol. The molecule has 1 aromatic heterocycles. The lowest BCUT2D eigenvalue weighted by atomic mass is 10.1. The van der Waals surface area contributed by atoms with E-state index in [1.165, 1.54) is 42.8 Å². The molecule has 0 bridgehead atoms. The minimum atomic E-state index is 0.519. The van der Waals surface area contributed by atoms with Crippen LogP contribution in [0.3, 0.4) is 0 Å². The molecule has 0 spiro atoms. The maximum atomic E-state index is 4.75. The van der Waals surface area contributed by atoms with Crippen LogP contribution < -0.4 is 10.2 Å². The van der Waals surface area contributed by atoms with Crippen molar-refractivity contribution >= 4 is 5.82 Å². The first-order valence-corrected chi connectivity index (χ1v) is 8.04. The molecule has 0 aromatic carbocycles. The predicted molar refractivity (Wildman–Crippen MR) is 86.2 cm³/mol. The zero-order valence-corrected chi connectivity index (χ0v) is 13.4. The third-order valence-electron chi connectivity index (χ3n) is 3.91. The molecule has 1 aliphatic carbocycles. The van der Waals surface area contributed by atoms with E-state index >= 15 is 0 Å². The summed E-state index contributed by atoms with van der Waals surface area (Å²) in [7, 11) is 0. The van der Waals surface area contributed by atoms with Crippen molar-refractivity contribution < 1.29 is 0 Å². The molecule has 0 atom stereocenters. The normalized spacial score (nSPS) is 14.8. The number of nitrogens with zero attached hydrogens (tertiary/aromatic N) is 2. The van der Waals surface area contributed by atoms with E-state index in [0.717, 1.165) is 19.0 Å².